The van der Waals surface area contributed by atoms with Crippen molar-refractivity contribution in [1.82, 2.24) is 14.5 Å². The van der Waals surface area contributed by atoms with E-state index in [4.69, 9.17) is 15.7 Å². The molecule has 0 radical (unpaired) electrons. The molecule has 4 N–H and O–H groups in total. The highest BCUT2D eigenvalue weighted by molar-refractivity contribution is 5.99. The summed E-state index contributed by atoms with van der Waals surface area (Å²) in [5.41, 5.74) is 6.78. The minimum atomic E-state index is -0.529. The van der Waals surface area contributed by atoms with Gasteiger partial charge in [-0.05, 0) is 51.8 Å². The molecule has 160 valence electrons. The minimum Gasteiger partial charge on any atom is -0.444 e. The van der Waals surface area contributed by atoms with E-state index in [1.807, 2.05) is 34.6 Å². The third-order valence-corrected chi connectivity index (χ3v) is 4.60. The molecule has 1 saturated heterocycles. The van der Waals surface area contributed by atoms with E-state index < -0.39 is 5.60 Å². The number of nitrogens with zero attached hydrogens (tertiary/aromatic N) is 3. The molecule has 1 aromatic heterocycles. The topological polar surface area (TPSA) is 126 Å². The van der Waals surface area contributed by atoms with Crippen LogP contribution in [-0.2, 0) is 4.74 Å². The summed E-state index contributed by atoms with van der Waals surface area (Å²) in [6, 6.07) is 5.15. The number of oxime groups is 1. The van der Waals surface area contributed by atoms with Crippen LogP contribution >= 0.6 is 0 Å². The van der Waals surface area contributed by atoms with E-state index in [1.165, 1.54) is 0 Å². The van der Waals surface area contributed by atoms with E-state index in [1.54, 1.807) is 27.7 Å². The van der Waals surface area contributed by atoms with Crippen molar-refractivity contribution in [2.45, 2.75) is 59.1 Å². The number of aromatic amines is 1. The number of fused-ring (bicyclic) bond motifs is 1. The van der Waals surface area contributed by atoms with Gasteiger partial charge in [0.15, 0.2) is 5.84 Å². The zero-order chi connectivity index (χ0) is 21.8. The highest BCUT2D eigenvalue weighted by atomic mass is 16.6. The van der Waals surface area contributed by atoms with Crippen LogP contribution in [0.4, 0.5) is 4.79 Å². The molecule has 2 heterocycles. The fourth-order valence-corrected chi connectivity index (χ4v) is 3.34. The Morgan fingerprint density at radius 2 is 1.90 bits per heavy atom. The van der Waals surface area contributed by atoms with Gasteiger partial charge in [-0.25, -0.2) is 9.59 Å². The van der Waals surface area contributed by atoms with E-state index in [2.05, 4.69) is 10.1 Å². The molecule has 3 rings (SSSR count). The monoisotopic (exact) mass is 405 g/mol. The first kappa shape index (κ1) is 22.3. The Bertz CT molecular complexity index is 930. The molecule has 0 aliphatic carbocycles. The SMILES string of the molecule is CC.CC(C)(C)OC(=O)N1CCC(n2c(=O)[nH]c3cc(/C(N)=N/O)ccc32)CC1. The van der Waals surface area contributed by atoms with Gasteiger partial charge in [0, 0.05) is 24.7 Å². The fraction of sp³-hybridized carbons (Fsp3) is 0.550. The molecule has 1 fully saturated rings. The molecule has 1 aliphatic rings. The molecule has 9 nitrogen and oxygen atoms in total. The Kier molecular flexibility index (Phi) is 6.94. The zero-order valence-corrected chi connectivity index (χ0v) is 17.7. The summed E-state index contributed by atoms with van der Waals surface area (Å²) in [6.45, 7) is 10.6. The number of nitrogens with one attached hydrogen (secondary N) is 1. The number of hydrogen-bond donors (Lipinski definition) is 3. The molecule has 9 heteroatoms. The average molecular weight is 405 g/mol. The van der Waals surface area contributed by atoms with Gasteiger partial charge >= 0.3 is 11.8 Å². The number of carbonyl (C=O) groups excluding carboxylic acids is 1. The summed E-state index contributed by atoms with van der Waals surface area (Å²) in [7, 11) is 0. The van der Waals surface area contributed by atoms with Crippen molar-refractivity contribution in [3.63, 3.8) is 0 Å². The van der Waals surface area contributed by atoms with Crippen LogP contribution in [0.5, 0.6) is 0 Å². The number of imidazole rings is 1. The van der Waals surface area contributed by atoms with Gasteiger partial charge in [0.1, 0.15) is 5.60 Å². The summed E-state index contributed by atoms with van der Waals surface area (Å²) in [5, 5.41) is 11.8. The van der Waals surface area contributed by atoms with Crippen molar-refractivity contribution in [2.75, 3.05) is 13.1 Å². The first-order chi connectivity index (χ1) is 13.7. The summed E-state index contributed by atoms with van der Waals surface area (Å²) >= 11 is 0. The van der Waals surface area contributed by atoms with Gasteiger partial charge in [-0.1, -0.05) is 19.0 Å². The first-order valence-electron chi connectivity index (χ1n) is 9.89. The number of H-pyrrole nitrogens is 1. The van der Waals surface area contributed by atoms with E-state index in [0.717, 1.165) is 5.52 Å². The molecule has 0 bridgehead atoms. The van der Waals surface area contributed by atoms with Crippen molar-refractivity contribution in [3.8, 4) is 0 Å². The number of piperidine rings is 1. The van der Waals surface area contributed by atoms with Gasteiger partial charge in [-0.15, -0.1) is 0 Å². The summed E-state index contributed by atoms with van der Waals surface area (Å²) in [4.78, 5) is 29.2. The van der Waals surface area contributed by atoms with Crippen LogP contribution < -0.4 is 11.4 Å². The number of hydrogen-bond acceptors (Lipinski definition) is 5. The van der Waals surface area contributed by atoms with E-state index in [9.17, 15) is 9.59 Å². The smallest absolute Gasteiger partial charge is 0.410 e. The second-order valence-corrected chi connectivity index (χ2v) is 7.72. The van der Waals surface area contributed by atoms with E-state index >= 15 is 0 Å². The van der Waals surface area contributed by atoms with Crippen LogP contribution in [0.3, 0.4) is 0 Å². The van der Waals surface area contributed by atoms with Crippen LogP contribution in [0.2, 0.25) is 0 Å². The number of benzene rings is 1. The maximum Gasteiger partial charge on any atom is 0.410 e. The number of amides is 1. The summed E-state index contributed by atoms with van der Waals surface area (Å²) in [5.74, 6) is -0.0174. The van der Waals surface area contributed by atoms with Crippen molar-refractivity contribution in [3.05, 3.63) is 34.2 Å². The molecular formula is C20H31N5O4. The standard InChI is InChI=1S/C18H25N5O4.C2H6/c1-18(2,3)27-17(25)22-8-6-12(7-9-22)23-14-5-4-11(15(19)21-26)10-13(14)20-16(23)24;1-2/h4-5,10,12,26H,6-9H2,1-3H3,(H2,19,21)(H,20,24);1-2H3. The molecule has 29 heavy (non-hydrogen) atoms. The fourth-order valence-electron chi connectivity index (χ4n) is 3.34. The lowest BCUT2D eigenvalue weighted by Gasteiger charge is -2.33. The van der Waals surface area contributed by atoms with Crippen LogP contribution in [0.15, 0.2) is 28.1 Å². The zero-order valence-electron chi connectivity index (χ0n) is 17.7. The molecule has 1 aromatic carbocycles. The lowest BCUT2D eigenvalue weighted by molar-refractivity contribution is 0.0189. The minimum absolute atomic E-state index is 0.0142. The molecule has 0 spiro atoms. The Balaban J connectivity index is 0.00000145. The largest absolute Gasteiger partial charge is 0.444 e. The van der Waals surface area contributed by atoms with Crippen LogP contribution in [0, 0.1) is 0 Å². The lowest BCUT2D eigenvalue weighted by atomic mass is 10.0. The van der Waals surface area contributed by atoms with Crippen molar-refractivity contribution < 1.29 is 14.7 Å². The number of ether oxygens (including phenoxy) is 1. The number of nitrogens with two attached hydrogens (primary N) is 1. The van der Waals surface area contributed by atoms with Gasteiger partial charge in [0.05, 0.1) is 11.0 Å². The Morgan fingerprint density at radius 1 is 1.28 bits per heavy atom. The van der Waals surface area contributed by atoms with Gasteiger partial charge in [-0.2, -0.15) is 0 Å². The Labute approximate surface area is 170 Å². The molecule has 0 atom stereocenters. The highest BCUT2D eigenvalue weighted by Gasteiger charge is 2.29. The quantitative estimate of drug-likeness (QED) is 0.306. The third-order valence-electron chi connectivity index (χ3n) is 4.60. The van der Waals surface area contributed by atoms with Gasteiger partial charge in [0.25, 0.3) is 0 Å². The van der Waals surface area contributed by atoms with Crippen molar-refractivity contribution >= 4 is 23.0 Å². The number of aromatic nitrogens is 2. The van der Waals surface area contributed by atoms with Crippen LogP contribution in [0.1, 0.15) is 59.1 Å². The predicted molar refractivity (Wildman–Crippen MR) is 112 cm³/mol. The normalized spacial score (nSPS) is 15.8. The van der Waals surface area contributed by atoms with Gasteiger partial charge < -0.3 is 25.6 Å². The molecule has 0 saturated carbocycles. The molecular weight excluding hydrogens is 374 g/mol. The number of likely N-dealkylation sites (tertiary alicyclic amines) is 1. The highest BCUT2D eigenvalue weighted by Crippen LogP contribution is 2.26. The van der Waals surface area contributed by atoms with Gasteiger partial charge in [0.2, 0.25) is 0 Å². The first-order valence-corrected chi connectivity index (χ1v) is 9.89. The van der Waals surface area contributed by atoms with Crippen molar-refractivity contribution in [1.29, 1.82) is 0 Å². The Hall–Kier alpha value is -2.97. The second kappa shape index (κ2) is 9.02. The van der Waals surface area contributed by atoms with E-state index in [0.29, 0.717) is 37.0 Å². The predicted octanol–water partition coefficient (Wildman–Crippen LogP) is 3.02. The molecule has 0 unspecified atom stereocenters. The van der Waals surface area contributed by atoms with Crippen molar-refractivity contribution in [2.24, 2.45) is 10.9 Å². The molecule has 1 amide bonds. The third kappa shape index (κ3) is 5.10. The lowest BCUT2D eigenvalue weighted by Crippen LogP contribution is -2.43. The van der Waals surface area contributed by atoms with E-state index in [-0.39, 0.29) is 23.7 Å². The maximum atomic E-state index is 12.5. The molecule has 2 aromatic rings. The average Bonchev–Trinajstić information content (AvgIpc) is 3.02. The number of amidine groups is 1. The number of carbonyl (C=O) groups is 1. The Morgan fingerprint density at radius 3 is 2.45 bits per heavy atom. The second-order valence-electron chi connectivity index (χ2n) is 7.72. The molecule has 1 aliphatic heterocycles. The maximum absolute atomic E-state index is 12.5. The van der Waals surface area contributed by atoms with Crippen LogP contribution in [0.25, 0.3) is 11.0 Å². The number of rotatable bonds is 2. The van der Waals surface area contributed by atoms with Gasteiger partial charge in [-0.3, -0.25) is 4.57 Å². The van der Waals surface area contributed by atoms with Crippen LogP contribution in [-0.4, -0.2) is 50.3 Å². The summed E-state index contributed by atoms with van der Waals surface area (Å²) < 4.78 is 7.13. The summed E-state index contributed by atoms with van der Waals surface area (Å²) in [6.07, 6.45) is 0.998.